The van der Waals surface area contributed by atoms with Crippen LogP contribution in [0, 0.1) is 65.1 Å². The van der Waals surface area contributed by atoms with Crippen LogP contribution < -0.4 is 0 Å². The van der Waals surface area contributed by atoms with Gasteiger partial charge >= 0.3 is 11.9 Å². The molecule has 0 spiro atoms. The summed E-state index contributed by atoms with van der Waals surface area (Å²) in [5.74, 6) is 5.67. The summed E-state index contributed by atoms with van der Waals surface area (Å²) in [5.41, 5.74) is 0. The predicted molar refractivity (Wildman–Crippen MR) is 92.9 cm³/mol. The molecule has 8 aliphatic rings. The zero-order valence-corrected chi connectivity index (χ0v) is 15.7. The molecule has 14 atom stereocenters. The third-order valence-electron chi connectivity index (χ3n) is 10.7. The molecule has 0 aromatic heterocycles. The lowest BCUT2D eigenvalue weighted by Crippen LogP contribution is -2.56. The van der Waals surface area contributed by atoms with Gasteiger partial charge in [-0.15, -0.1) is 11.8 Å². The van der Waals surface area contributed by atoms with Crippen LogP contribution >= 0.6 is 11.8 Å². The number of rotatable bonds is 1. The first kappa shape index (κ1) is 14.3. The van der Waals surface area contributed by atoms with Gasteiger partial charge in [0, 0.05) is 11.8 Å². The SMILES string of the molecule is CS[C@]12C(=O)O[C@@H]3CC[C@@H]4[C@@H]5[C@@H]6C(=O)O[C@@H]7CC[C@@H]8[C@@H]7[C@@H]6[C@H]([C@@H]5[C@@H]1[C@@H]43)[C@H]82. The zero-order valence-electron chi connectivity index (χ0n) is 14.9. The second-order valence-corrected chi connectivity index (χ2v) is 11.5. The van der Waals surface area contributed by atoms with E-state index in [1.807, 2.05) is 11.8 Å². The molecule has 4 nitrogen and oxygen atoms in total. The van der Waals surface area contributed by atoms with E-state index in [1.165, 1.54) is 0 Å². The summed E-state index contributed by atoms with van der Waals surface area (Å²) in [7, 11) is 0. The number of fused-ring (bicyclic) bond motifs is 4. The van der Waals surface area contributed by atoms with Crippen LogP contribution in [0.4, 0.5) is 0 Å². The summed E-state index contributed by atoms with van der Waals surface area (Å²) in [5, 5.41) is 0. The van der Waals surface area contributed by atoms with Gasteiger partial charge in [-0.25, -0.2) is 0 Å². The lowest BCUT2D eigenvalue weighted by atomic mass is 9.70. The van der Waals surface area contributed by atoms with Crippen LogP contribution in [0.25, 0.3) is 0 Å². The molecule has 0 aromatic carbocycles. The molecule has 5 heteroatoms. The van der Waals surface area contributed by atoms with Gasteiger partial charge in [-0.1, -0.05) is 0 Å². The van der Waals surface area contributed by atoms with Crippen LogP contribution in [0.2, 0.25) is 0 Å². The average Bonchev–Trinajstić information content (AvgIpc) is 3.37. The first-order chi connectivity index (χ1) is 12.7. The zero-order chi connectivity index (χ0) is 17.1. The maximum Gasteiger partial charge on any atom is 0.323 e. The van der Waals surface area contributed by atoms with Crippen molar-refractivity contribution in [3.8, 4) is 0 Å². The van der Waals surface area contributed by atoms with Crippen LogP contribution in [0.15, 0.2) is 0 Å². The van der Waals surface area contributed by atoms with E-state index in [0.717, 1.165) is 25.7 Å². The van der Waals surface area contributed by atoms with Crippen LogP contribution in [0.3, 0.4) is 0 Å². The molecule has 26 heavy (non-hydrogen) atoms. The average molecular weight is 372 g/mol. The predicted octanol–water partition coefficient (Wildman–Crippen LogP) is 2.36. The Labute approximate surface area is 157 Å². The molecule has 0 N–H and O–H groups in total. The van der Waals surface area contributed by atoms with Gasteiger partial charge in [-0.05, 0) is 79.3 Å². The summed E-state index contributed by atoms with van der Waals surface area (Å²) in [4.78, 5) is 26.6. The molecule has 0 radical (unpaired) electrons. The lowest BCUT2D eigenvalue weighted by molar-refractivity contribution is -0.173. The molecule has 2 saturated heterocycles. The minimum atomic E-state index is -0.321. The maximum absolute atomic E-state index is 13.5. The molecule has 8 fully saturated rings. The van der Waals surface area contributed by atoms with Crippen molar-refractivity contribution >= 4 is 23.7 Å². The topological polar surface area (TPSA) is 52.6 Å². The molecule has 0 amide bonds. The maximum atomic E-state index is 13.5. The third kappa shape index (κ3) is 1.11. The van der Waals surface area contributed by atoms with E-state index in [9.17, 15) is 9.59 Å². The molecule has 138 valence electrons. The number of hydrogen-bond acceptors (Lipinski definition) is 5. The van der Waals surface area contributed by atoms with Crippen molar-refractivity contribution in [2.75, 3.05) is 6.26 Å². The Morgan fingerprint density at radius 1 is 0.808 bits per heavy atom. The third-order valence-corrected chi connectivity index (χ3v) is 12.1. The first-order valence-electron chi connectivity index (χ1n) is 10.6. The summed E-state index contributed by atoms with van der Waals surface area (Å²) in [6, 6.07) is 0. The molecule has 8 rings (SSSR count). The van der Waals surface area contributed by atoms with Crippen LogP contribution in [0.1, 0.15) is 25.7 Å². The van der Waals surface area contributed by atoms with Gasteiger partial charge in [-0.2, -0.15) is 0 Å². The van der Waals surface area contributed by atoms with Crippen molar-refractivity contribution < 1.29 is 19.1 Å². The van der Waals surface area contributed by atoms with E-state index < -0.39 is 0 Å². The Kier molecular flexibility index (Phi) is 2.21. The molecule has 0 aromatic rings. The minimum absolute atomic E-state index is 0.114. The molecular weight excluding hydrogens is 348 g/mol. The van der Waals surface area contributed by atoms with E-state index in [-0.39, 0.29) is 34.8 Å². The van der Waals surface area contributed by atoms with Crippen molar-refractivity contribution in [1.82, 2.24) is 0 Å². The normalized spacial score (nSPS) is 69.8. The molecule has 2 heterocycles. The van der Waals surface area contributed by atoms with Gasteiger partial charge in [0.2, 0.25) is 0 Å². The highest BCUT2D eigenvalue weighted by Crippen LogP contribution is 2.84. The fourth-order valence-corrected chi connectivity index (χ4v) is 12.2. The fraction of sp³-hybridized carbons (Fsp3) is 0.905. The van der Waals surface area contributed by atoms with Gasteiger partial charge in [0.25, 0.3) is 0 Å². The first-order valence-corrected chi connectivity index (χ1v) is 11.9. The minimum Gasteiger partial charge on any atom is -0.462 e. The highest BCUT2D eigenvalue weighted by Gasteiger charge is 2.86. The Morgan fingerprint density at radius 2 is 1.54 bits per heavy atom. The summed E-state index contributed by atoms with van der Waals surface area (Å²) in [6.07, 6.45) is 6.76. The lowest BCUT2D eigenvalue weighted by Gasteiger charge is -2.47. The standard InChI is InChI=1S/C21H24O4S/c1-26-21-17-7-3-5-8-10(7)13-15(17)14-12(16(13)19(22)24-8)6-2-4-9(25-20(21)23)11(6)18(14)21/h6-18H,2-5H2,1H3/t6-,7+,8+,9+,10-,11-,12-,13+,14+,15+,16-,17-,18-,21-/m0/s1. The van der Waals surface area contributed by atoms with Crippen molar-refractivity contribution in [3.05, 3.63) is 0 Å². The number of hydrogen-bond donors (Lipinski definition) is 0. The molecule has 6 saturated carbocycles. The van der Waals surface area contributed by atoms with E-state index >= 15 is 0 Å². The van der Waals surface area contributed by atoms with Gasteiger partial charge in [-0.3, -0.25) is 9.59 Å². The number of carbonyl (C=O) groups excluding carboxylic acids is 2. The van der Waals surface area contributed by atoms with E-state index in [4.69, 9.17) is 9.47 Å². The van der Waals surface area contributed by atoms with E-state index in [1.54, 1.807) is 0 Å². The Hall–Kier alpha value is -0.710. The number of ether oxygens (including phenoxy) is 2. The molecule has 0 unspecified atom stereocenters. The largest absolute Gasteiger partial charge is 0.462 e. The highest BCUT2D eigenvalue weighted by atomic mass is 32.2. The smallest absolute Gasteiger partial charge is 0.323 e. The van der Waals surface area contributed by atoms with E-state index in [0.29, 0.717) is 59.2 Å². The number of carbonyl (C=O) groups is 2. The number of thioether (sulfide) groups is 1. The van der Waals surface area contributed by atoms with E-state index in [2.05, 4.69) is 6.26 Å². The van der Waals surface area contributed by atoms with Crippen molar-refractivity contribution in [2.24, 2.45) is 65.1 Å². The van der Waals surface area contributed by atoms with Crippen LogP contribution in [-0.4, -0.2) is 35.1 Å². The number of esters is 2. The fourth-order valence-electron chi connectivity index (χ4n) is 10.8. The van der Waals surface area contributed by atoms with Crippen molar-refractivity contribution in [1.29, 1.82) is 0 Å². The van der Waals surface area contributed by atoms with Gasteiger partial charge in [0.1, 0.15) is 17.0 Å². The molecule has 6 aliphatic carbocycles. The summed E-state index contributed by atoms with van der Waals surface area (Å²) in [6.45, 7) is 0. The van der Waals surface area contributed by atoms with Crippen LogP contribution in [0.5, 0.6) is 0 Å². The summed E-state index contributed by atoms with van der Waals surface area (Å²) < 4.78 is 11.9. The second-order valence-electron chi connectivity index (χ2n) is 10.4. The summed E-state index contributed by atoms with van der Waals surface area (Å²) >= 11 is 1.82. The molecular formula is C21H24O4S. The van der Waals surface area contributed by atoms with Crippen LogP contribution in [-0.2, 0) is 19.1 Å². The van der Waals surface area contributed by atoms with Gasteiger partial charge < -0.3 is 9.47 Å². The Balaban J connectivity index is 1.43. The van der Waals surface area contributed by atoms with Gasteiger partial charge in [0.05, 0.1) is 5.92 Å². The Morgan fingerprint density at radius 3 is 2.35 bits per heavy atom. The second kappa shape index (κ2) is 4.01. The quantitative estimate of drug-likeness (QED) is 0.662. The van der Waals surface area contributed by atoms with Crippen molar-refractivity contribution in [2.45, 2.75) is 42.6 Å². The highest BCUT2D eigenvalue weighted by molar-refractivity contribution is 8.00. The monoisotopic (exact) mass is 372 g/mol. The van der Waals surface area contributed by atoms with Gasteiger partial charge in [0.15, 0.2) is 0 Å². The molecule has 2 aliphatic heterocycles. The Bertz CT molecular complexity index is 782. The van der Waals surface area contributed by atoms with Crippen molar-refractivity contribution in [3.63, 3.8) is 0 Å². The molecule has 0 bridgehead atoms.